The molecule has 1 N–H and O–H groups in total. The molecule has 1 saturated heterocycles. The Labute approximate surface area is 163 Å². The molecule has 0 atom stereocenters. The van der Waals surface area contributed by atoms with Crippen LogP contribution in [0.3, 0.4) is 0 Å². The smallest absolute Gasteiger partial charge is 0.410 e. The number of piperazine rings is 1. The maximum absolute atomic E-state index is 12.7. The van der Waals surface area contributed by atoms with Crippen LogP contribution in [0.2, 0.25) is 0 Å². The summed E-state index contributed by atoms with van der Waals surface area (Å²) in [6, 6.07) is 13.9. The van der Waals surface area contributed by atoms with Gasteiger partial charge in [-0.1, -0.05) is 30.3 Å². The zero-order valence-corrected chi connectivity index (χ0v) is 15.6. The highest BCUT2D eigenvalue weighted by molar-refractivity contribution is 5.97. The van der Waals surface area contributed by atoms with Gasteiger partial charge in [0, 0.05) is 31.7 Å². The highest BCUT2D eigenvalue weighted by atomic mass is 16.6. The summed E-state index contributed by atoms with van der Waals surface area (Å²) in [7, 11) is 0. The van der Waals surface area contributed by atoms with E-state index in [0.717, 1.165) is 5.56 Å². The van der Waals surface area contributed by atoms with Crippen LogP contribution in [-0.4, -0.2) is 59.1 Å². The first kappa shape index (κ1) is 19.4. The van der Waals surface area contributed by atoms with Crippen LogP contribution in [0.4, 0.5) is 4.79 Å². The number of carbonyl (C=O) groups is 3. The lowest BCUT2D eigenvalue weighted by Crippen LogP contribution is -2.50. The van der Waals surface area contributed by atoms with Gasteiger partial charge >= 0.3 is 12.1 Å². The molecule has 2 aromatic carbocycles. The van der Waals surface area contributed by atoms with Crippen molar-refractivity contribution in [1.82, 2.24) is 9.80 Å². The van der Waals surface area contributed by atoms with E-state index in [2.05, 4.69) is 0 Å². The molecular weight excluding hydrogens is 360 g/mol. The van der Waals surface area contributed by atoms with Crippen molar-refractivity contribution in [1.29, 1.82) is 0 Å². The first-order valence-electron chi connectivity index (χ1n) is 9.04. The Hall–Kier alpha value is -3.35. The molecular formula is C21H22N2O5. The number of amides is 2. The summed E-state index contributed by atoms with van der Waals surface area (Å²) in [4.78, 5) is 39.2. The predicted octanol–water partition coefficient (Wildman–Crippen LogP) is 2.79. The quantitative estimate of drug-likeness (QED) is 0.879. The van der Waals surface area contributed by atoms with Crippen LogP contribution in [0.15, 0.2) is 48.5 Å². The van der Waals surface area contributed by atoms with Gasteiger partial charge in [-0.05, 0) is 36.2 Å². The minimum Gasteiger partial charge on any atom is -0.478 e. The molecule has 0 aromatic heterocycles. The van der Waals surface area contributed by atoms with E-state index in [-0.39, 0.29) is 18.1 Å². The summed E-state index contributed by atoms with van der Waals surface area (Å²) >= 11 is 0. The van der Waals surface area contributed by atoms with E-state index in [9.17, 15) is 14.4 Å². The summed E-state index contributed by atoms with van der Waals surface area (Å²) in [5.74, 6) is -1.18. The van der Waals surface area contributed by atoms with Gasteiger partial charge in [0.15, 0.2) is 0 Å². The second-order valence-electron chi connectivity index (χ2n) is 6.65. The minimum absolute atomic E-state index is 0.153. The Morgan fingerprint density at radius 1 is 0.964 bits per heavy atom. The minimum atomic E-state index is -1.02. The fraction of sp³-hybridized carbons (Fsp3) is 0.286. The fourth-order valence-corrected chi connectivity index (χ4v) is 3.11. The van der Waals surface area contributed by atoms with Crippen LogP contribution in [0.1, 0.15) is 31.8 Å². The molecule has 0 bridgehead atoms. The molecule has 1 aliphatic rings. The van der Waals surface area contributed by atoms with Crippen LogP contribution < -0.4 is 0 Å². The van der Waals surface area contributed by atoms with Gasteiger partial charge in [0.05, 0.1) is 5.56 Å². The van der Waals surface area contributed by atoms with Gasteiger partial charge in [0.25, 0.3) is 5.91 Å². The Kier molecular flexibility index (Phi) is 5.93. The topological polar surface area (TPSA) is 87.2 Å². The van der Waals surface area contributed by atoms with Crippen LogP contribution in [0.25, 0.3) is 0 Å². The van der Waals surface area contributed by atoms with Gasteiger partial charge in [-0.15, -0.1) is 0 Å². The van der Waals surface area contributed by atoms with Crippen molar-refractivity contribution in [2.75, 3.05) is 26.2 Å². The number of aryl methyl sites for hydroxylation is 1. The number of hydrogen-bond acceptors (Lipinski definition) is 4. The fourth-order valence-electron chi connectivity index (χ4n) is 3.11. The molecule has 0 unspecified atom stereocenters. The normalized spacial score (nSPS) is 13.9. The van der Waals surface area contributed by atoms with Crippen LogP contribution in [0, 0.1) is 6.92 Å². The number of aromatic carboxylic acids is 1. The second-order valence-corrected chi connectivity index (χ2v) is 6.65. The number of rotatable bonds is 4. The SMILES string of the molecule is Cc1cc(C(=O)O)ccc1C(=O)N1CCN(C(=O)OCc2ccccc2)CC1. The Morgan fingerprint density at radius 3 is 2.21 bits per heavy atom. The Morgan fingerprint density at radius 2 is 1.61 bits per heavy atom. The zero-order valence-electron chi connectivity index (χ0n) is 15.6. The molecule has 28 heavy (non-hydrogen) atoms. The summed E-state index contributed by atoms with van der Waals surface area (Å²) in [6.45, 7) is 3.53. The second kappa shape index (κ2) is 8.56. The molecule has 0 spiro atoms. The molecule has 2 amide bonds. The van der Waals surface area contributed by atoms with E-state index in [4.69, 9.17) is 9.84 Å². The van der Waals surface area contributed by atoms with Crippen molar-refractivity contribution in [2.24, 2.45) is 0 Å². The average Bonchev–Trinajstić information content (AvgIpc) is 2.72. The molecule has 1 fully saturated rings. The van der Waals surface area contributed by atoms with Crippen molar-refractivity contribution in [3.05, 3.63) is 70.8 Å². The average molecular weight is 382 g/mol. The summed E-state index contributed by atoms with van der Waals surface area (Å²) < 4.78 is 5.33. The number of benzene rings is 2. The zero-order chi connectivity index (χ0) is 20.1. The van der Waals surface area contributed by atoms with Crippen molar-refractivity contribution in [3.63, 3.8) is 0 Å². The largest absolute Gasteiger partial charge is 0.478 e. The number of carboxylic acid groups (broad SMARTS) is 1. The van der Waals surface area contributed by atoms with E-state index in [1.54, 1.807) is 22.8 Å². The van der Waals surface area contributed by atoms with Crippen molar-refractivity contribution < 1.29 is 24.2 Å². The number of nitrogens with zero attached hydrogens (tertiary/aromatic N) is 2. The van der Waals surface area contributed by atoms with E-state index < -0.39 is 12.1 Å². The Balaban J connectivity index is 1.54. The molecule has 7 nitrogen and oxygen atoms in total. The lowest BCUT2D eigenvalue weighted by molar-refractivity contribution is 0.0543. The molecule has 1 heterocycles. The van der Waals surface area contributed by atoms with E-state index in [0.29, 0.717) is 37.3 Å². The van der Waals surface area contributed by atoms with Gasteiger partial charge < -0.3 is 19.6 Å². The third kappa shape index (κ3) is 4.49. The molecule has 0 aliphatic carbocycles. The van der Waals surface area contributed by atoms with Crippen molar-refractivity contribution in [2.45, 2.75) is 13.5 Å². The van der Waals surface area contributed by atoms with Gasteiger partial charge in [0.2, 0.25) is 0 Å². The first-order chi connectivity index (χ1) is 13.5. The molecule has 2 aromatic rings. The first-order valence-corrected chi connectivity index (χ1v) is 9.04. The van der Waals surface area contributed by atoms with Gasteiger partial charge in [-0.2, -0.15) is 0 Å². The molecule has 3 rings (SSSR count). The molecule has 0 saturated carbocycles. The third-order valence-electron chi connectivity index (χ3n) is 4.73. The molecule has 1 aliphatic heterocycles. The summed E-state index contributed by atoms with van der Waals surface area (Å²) in [5.41, 5.74) is 2.17. The molecule has 7 heteroatoms. The van der Waals surface area contributed by atoms with Gasteiger partial charge in [-0.25, -0.2) is 9.59 Å². The standard InChI is InChI=1S/C21H22N2O5/c1-15-13-17(20(25)26)7-8-18(15)19(24)22-9-11-23(12-10-22)21(27)28-14-16-5-3-2-4-6-16/h2-8,13H,9-12,14H2,1H3,(H,25,26). The monoisotopic (exact) mass is 382 g/mol. The number of carbonyl (C=O) groups excluding carboxylic acids is 2. The van der Waals surface area contributed by atoms with E-state index >= 15 is 0 Å². The van der Waals surface area contributed by atoms with E-state index in [1.807, 2.05) is 30.3 Å². The van der Waals surface area contributed by atoms with Crippen LogP contribution >= 0.6 is 0 Å². The maximum atomic E-state index is 12.7. The van der Waals surface area contributed by atoms with Crippen LogP contribution in [0.5, 0.6) is 0 Å². The number of carboxylic acids is 1. The highest BCUT2D eigenvalue weighted by Gasteiger charge is 2.26. The highest BCUT2D eigenvalue weighted by Crippen LogP contribution is 2.16. The molecule has 0 radical (unpaired) electrons. The van der Waals surface area contributed by atoms with Gasteiger partial charge in [-0.3, -0.25) is 4.79 Å². The van der Waals surface area contributed by atoms with Crippen LogP contribution in [-0.2, 0) is 11.3 Å². The summed E-state index contributed by atoms with van der Waals surface area (Å²) in [6.07, 6.45) is -0.391. The van der Waals surface area contributed by atoms with Crippen molar-refractivity contribution >= 4 is 18.0 Å². The third-order valence-corrected chi connectivity index (χ3v) is 4.73. The van der Waals surface area contributed by atoms with Crippen molar-refractivity contribution in [3.8, 4) is 0 Å². The van der Waals surface area contributed by atoms with E-state index in [1.165, 1.54) is 12.1 Å². The lowest BCUT2D eigenvalue weighted by Gasteiger charge is -2.34. The number of ether oxygens (including phenoxy) is 1. The maximum Gasteiger partial charge on any atom is 0.410 e. The lowest BCUT2D eigenvalue weighted by atomic mass is 10.0. The number of hydrogen-bond donors (Lipinski definition) is 1. The molecule has 146 valence electrons. The predicted molar refractivity (Wildman–Crippen MR) is 102 cm³/mol. The van der Waals surface area contributed by atoms with Gasteiger partial charge in [0.1, 0.15) is 6.61 Å². The Bertz CT molecular complexity index is 874. The summed E-state index contributed by atoms with van der Waals surface area (Å²) in [5, 5.41) is 9.04.